The van der Waals surface area contributed by atoms with E-state index in [1.54, 1.807) is 0 Å². The lowest BCUT2D eigenvalue weighted by atomic mass is 10.1. The van der Waals surface area contributed by atoms with Gasteiger partial charge in [-0.15, -0.1) is 0 Å². The van der Waals surface area contributed by atoms with E-state index in [1.165, 1.54) is 25.7 Å². The Bertz CT molecular complexity index is 186. The number of rotatable bonds is 1. The second-order valence-electron chi connectivity index (χ2n) is 5.25. The lowest BCUT2D eigenvalue weighted by molar-refractivity contribution is -0.0583. The summed E-state index contributed by atoms with van der Waals surface area (Å²) >= 11 is 0. The smallest absolute Gasteiger partial charge is 0.0835 e. The quantitative estimate of drug-likeness (QED) is 0.635. The molecule has 3 heteroatoms. The summed E-state index contributed by atoms with van der Waals surface area (Å²) in [4.78, 5) is 0. The van der Waals surface area contributed by atoms with Gasteiger partial charge in [-0.05, 0) is 33.6 Å². The molecule has 0 aromatic heterocycles. The second-order valence-corrected chi connectivity index (χ2v) is 8.00. The van der Waals surface area contributed by atoms with E-state index in [0.29, 0.717) is 6.10 Å². The van der Waals surface area contributed by atoms with Crippen LogP contribution in [0, 0.1) is 0 Å². The number of fused-ring (bicyclic) bond motifs is 2. The maximum absolute atomic E-state index is 6.20. The third-order valence-corrected chi connectivity index (χ3v) is 6.18. The van der Waals surface area contributed by atoms with Crippen LogP contribution in [0.2, 0.25) is 0 Å². The van der Waals surface area contributed by atoms with Crippen molar-refractivity contribution in [2.75, 3.05) is 0 Å². The zero-order chi connectivity index (χ0) is 10.2. The highest BCUT2D eigenvalue weighted by Crippen LogP contribution is 2.51. The molecule has 82 valence electrons. The number of hydrogen-bond acceptors (Lipinski definition) is 3. The van der Waals surface area contributed by atoms with Crippen LogP contribution in [-0.2, 0) is 4.74 Å². The Morgan fingerprint density at radius 2 is 1.50 bits per heavy atom. The van der Waals surface area contributed by atoms with Crippen LogP contribution in [0.4, 0.5) is 0 Å². The fourth-order valence-corrected chi connectivity index (χ4v) is 5.88. The maximum atomic E-state index is 6.20. The zero-order valence-electron chi connectivity index (χ0n) is 9.29. The van der Waals surface area contributed by atoms with Crippen molar-refractivity contribution in [3.8, 4) is 0 Å². The van der Waals surface area contributed by atoms with E-state index in [2.05, 4.69) is 42.4 Å². The summed E-state index contributed by atoms with van der Waals surface area (Å²) in [5, 5.41) is 1.51. The van der Waals surface area contributed by atoms with Crippen LogP contribution in [0.15, 0.2) is 0 Å². The minimum Gasteiger partial charge on any atom is -0.370 e. The molecule has 2 fully saturated rings. The highest BCUT2D eigenvalue weighted by atomic mass is 33.1. The topological polar surface area (TPSA) is 9.23 Å². The average Bonchev–Trinajstić information content (AvgIpc) is 2.22. The fraction of sp³-hybridized carbons (Fsp3) is 1.00. The molecule has 2 aliphatic rings. The first-order chi connectivity index (χ1) is 6.56. The van der Waals surface area contributed by atoms with Crippen molar-refractivity contribution in [1.82, 2.24) is 0 Å². The normalized spacial score (nSPS) is 38.4. The highest BCUT2D eigenvalue weighted by Gasteiger charge is 2.41. The Morgan fingerprint density at radius 3 is 1.93 bits per heavy atom. The van der Waals surface area contributed by atoms with Gasteiger partial charge >= 0.3 is 0 Å². The van der Waals surface area contributed by atoms with Gasteiger partial charge in [0.25, 0.3) is 0 Å². The van der Waals surface area contributed by atoms with Crippen molar-refractivity contribution in [3.63, 3.8) is 0 Å². The molecule has 0 aromatic rings. The predicted molar refractivity (Wildman–Crippen MR) is 65.9 cm³/mol. The molecule has 1 aliphatic heterocycles. The number of ether oxygens (including phenoxy) is 1. The highest BCUT2D eigenvalue weighted by molar-refractivity contribution is 8.77. The summed E-state index contributed by atoms with van der Waals surface area (Å²) in [7, 11) is 4.13. The second kappa shape index (κ2) is 4.26. The molecular weight excluding hydrogens is 212 g/mol. The molecule has 0 aromatic carbocycles. The molecule has 1 saturated heterocycles. The molecular formula is C11H20OS2. The van der Waals surface area contributed by atoms with Gasteiger partial charge in [0.2, 0.25) is 0 Å². The van der Waals surface area contributed by atoms with E-state index >= 15 is 0 Å². The minimum absolute atomic E-state index is 0.0248. The van der Waals surface area contributed by atoms with Crippen LogP contribution >= 0.6 is 21.6 Å². The first-order valence-corrected chi connectivity index (χ1v) is 7.84. The van der Waals surface area contributed by atoms with Crippen LogP contribution < -0.4 is 0 Å². The zero-order valence-corrected chi connectivity index (χ0v) is 10.9. The summed E-state index contributed by atoms with van der Waals surface area (Å²) in [6.07, 6.45) is 6.02. The van der Waals surface area contributed by atoms with Crippen molar-refractivity contribution < 1.29 is 4.74 Å². The predicted octanol–water partition coefficient (Wildman–Crippen LogP) is 3.88. The molecule has 0 radical (unpaired) electrons. The van der Waals surface area contributed by atoms with Gasteiger partial charge in [-0.3, -0.25) is 0 Å². The van der Waals surface area contributed by atoms with Crippen molar-refractivity contribution in [3.05, 3.63) is 0 Å². The summed E-state index contributed by atoms with van der Waals surface area (Å²) in [5.41, 5.74) is 0.0248. The van der Waals surface area contributed by atoms with Crippen molar-refractivity contribution in [2.45, 2.75) is 68.7 Å². The van der Waals surface area contributed by atoms with Crippen molar-refractivity contribution >= 4 is 21.6 Å². The van der Waals surface area contributed by atoms with Crippen LogP contribution in [0.1, 0.15) is 46.5 Å². The largest absolute Gasteiger partial charge is 0.370 e. The molecule has 0 N–H and O–H groups in total. The Balaban J connectivity index is 2.02. The Labute approximate surface area is 95.1 Å². The summed E-state index contributed by atoms with van der Waals surface area (Å²) in [6.45, 7) is 6.52. The molecule has 1 aliphatic carbocycles. The van der Waals surface area contributed by atoms with Crippen molar-refractivity contribution in [1.29, 1.82) is 0 Å². The Kier molecular flexibility index (Phi) is 3.40. The van der Waals surface area contributed by atoms with E-state index in [1.807, 2.05) is 0 Å². The third kappa shape index (κ3) is 2.61. The van der Waals surface area contributed by atoms with Crippen molar-refractivity contribution in [2.24, 2.45) is 0 Å². The average molecular weight is 232 g/mol. The Morgan fingerprint density at radius 1 is 1.00 bits per heavy atom. The molecule has 1 saturated carbocycles. The van der Waals surface area contributed by atoms with Crippen LogP contribution in [0.25, 0.3) is 0 Å². The molecule has 2 atom stereocenters. The standard InChI is InChI=1S/C11H20OS2/c1-11(2,3)12-10-8-6-4-5-7-9(10)14-13-8/h8-10H,4-7H2,1-3H3. The van der Waals surface area contributed by atoms with Gasteiger partial charge in [0.1, 0.15) is 0 Å². The summed E-state index contributed by atoms with van der Waals surface area (Å²) in [5.74, 6) is 0. The lowest BCUT2D eigenvalue weighted by Crippen LogP contribution is -2.36. The van der Waals surface area contributed by atoms with Gasteiger partial charge in [0.05, 0.1) is 11.7 Å². The summed E-state index contributed by atoms with van der Waals surface area (Å²) in [6, 6.07) is 0. The van der Waals surface area contributed by atoms with E-state index in [0.717, 1.165) is 10.5 Å². The van der Waals surface area contributed by atoms with Gasteiger partial charge in [-0.2, -0.15) is 0 Å². The van der Waals surface area contributed by atoms with E-state index < -0.39 is 0 Å². The third-order valence-electron chi connectivity index (χ3n) is 2.75. The van der Waals surface area contributed by atoms with Crippen LogP contribution in [0.5, 0.6) is 0 Å². The monoisotopic (exact) mass is 232 g/mol. The van der Waals surface area contributed by atoms with E-state index in [-0.39, 0.29) is 5.60 Å². The minimum atomic E-state index is 0.0248. The van der Waals surface area contributed by atoms with Gasteiger partial charge in [-0.1, -0.05) is 34.4 Å². The van der Waals surface area contributed by atoms with Crippen LogP contribution in [0.3, 0.4) is 0 Å². The van der Waals surface area contributed by atoms with Gasteiger partial charge in [0.15, 0.2) is 0 Å². The molecule has 2 unspecified atom stereocenters. The molecule has 1 heterocycles. The van der Waals surface area contributed by atoms with Crippen LogP contribution in [-0.4, -0.2) is 22.2 Å². The summed E-state index contributed by atoms with van der Waals surface area (Å²) < 4.78 is 6.20. The Hall–Kier alpha value is 0.660. The van der Waals surface area contributed by atoms with Gasteiger partial charge in [-0.25, -0.2) is 0 Å². The fourth-order valence-electron chi connectivity index (χ4n) is 2.17. The molecule has 2 bridgehead atoms. The first kappa shape index (κ1) is 11.2. The molecule has 2 rings (SSSR count). The molecule has 0 amide bonds. The maximum Gasteiger partial charge on any atom is 0.0835 e. The SMILES string of the molecule is CC(C)(C)OC1C2CCCCC1SS2. The van der Waals surface area contributed by atoms with Gasteiger partial charge < -0.3 is 4.74 Å². The van der Waals surface area contributed by atoms with Gasteiger partial charge in [0, 0.05) is 10.5 Å². The van der Waals surface area contributed by atoms with E-state index in [4.69, 9.17) is 4.74 Å². The first-order valence-electron chi connectivity index (χ1n) is 5.56. The lowest BCUT2D eigenvalue weighted by Gasteiger charge is -2.29. The molecule has 14 heavy (non-hydrogen) atoms. The number of hydrogen-bond donors (Lipinski definition) is 0. The molecule has 0 spiro atoms. The molecule has 1 nitrogen and oxygen atoms in total. The van der Waals surface area contributed by atoms with E-state index in [9.17, 15) is 0 Å².